The van der Waals surface area contributed by atoms with Crippen molar-refractivity contribution in [1.29, 1.82) is 0 Å². The zero-order valence-corrected chi connectivity index (χ0v) is 20.3. The average Bonchev–Trinajstić information content (AvgIpc) is 2.72. The lowest BCUT2D eigenvalue weighted by Crippen LogP contribution is -2.43. The standard InChI is InChI=1S/C23H28Cl2N2O3S/c1-15-4-5-16(2)21(12-15)17(3)26-23(28)18-8-10-27(11-9-18)31(29,30)14-19-6-7-20(24)13-22(19)25/h4-7,12-13,17-18H,8-11,14H2,1-3H3,(H,26,28)/t17-/m1/s1. The zero-order chi connectivity index (χ0) is 22.8. The molecule has 5 nitrogen and oxygen atoms in total. The van der Waals surface area contributed by atoms with Gasteiger partial charge < -0.3 is 5.32 Å². The molecule has 1 saturated heterocycles. The molecular formula is C23H28Cl2N2O3S. The molecule has 31 heavy (non-hydrogen) atoms. The Kier molecular flexibility index (Phi) is 7.68. The van der Waals surface area contributed by atoms with Gasteiger partial charge in [0.2, 0.25) is 15.9 Å². The fraction of sp³-hybridized carbons (Fsp3) is 0.435. The molecule has 1 fully saturated rings. The molecule has 0 aromatic heterocycles. The molecule has 1 atom stereocenters. The fourth-order valence-electron chi connectivity index (χ4n) is 3.96. The third-order valence-electron chi connectivity index (χ3n) is 5.83. The van der Waals surface area contributed by atoms with Crippen LogP contribution in [0.3, 0.4) is 0 Å². The fourth-order valence-corrected chi connectivity index (χ4v) is 6.11. The predicted octanol–water partition coefficient (Wildman–Crippen LogP) is 5.03. The van der Waals surface area contributed by atoms with Crippen molar-refractivity contribution >= 4 is 39.1 Å². The van der Waals surface area contributed by atoms with Crippen molar-refractivity contribution in [2.45, 2.75) is 45.4 Å². The number of rotatable bonds is 6. The molecule has 0 bridgehead atoms. The number of carbonyl (C=O) groups is 1. The Labute approximate surface area is 194 Å². The van der Waals surface area contributed by atoms with Crippen LogP contribution in [-0.4, -0.2) is 31.7 Å². The minimum Gasteiger partial charge on any atom is -0.349 e. The molecule has 0 unspecified atom stereocenters. The Morgan fingerprint density at radius 1 is 1.13 bits per heavy atom. The molecule has 2 aromatic rings. The van der Waals surface area contributed by atoms with Crippen molar-refractivity contribution in [2.75, 3.05) is 13.1 Å². The van der Waals surface area contributed by atoms with Gasteiger partial charge in [-0.1, -0.05) is 53.0 Å². The van der Waals surface area contributed by atoms with Crippen LogP contribution in [0.2, 0.25) is 10.0 Å². The second kappa shape index (κ2) is 9.90. The van der Waals surface area contributed by atoms with E-state index in [2.05, 4.69) is 23.5 Å². The van der Waals surface area contributed by atoms with Crippen LogP contribution in [0.5, 0.6) is 0 Å². The third kappa shape index (κ3) is 6.01. The second-order valence-corrected chi connectivity index (χ2v) is 11.1. The molecule has 8 heteroatoms. The van der Waals surface area contributed by atoms with E-state index in [4.69, 9.17) is 23.2 Å². The number of hydrogen-bond donors (Lipinski definition) is 1. The van der Waals surface area contributed by atoms with Crippen molar-refractivity contribution in [3.63, 3.8) is 0 Å². The third-order valence-corrected chi connectivity index (χ3v) is 8.25. The quantitative estimate of drug-likeness (QED) is 0.627. The predicted molar refractivity (Wildman–Crippen MR) is 126 cm³/mol. The Morgan fingerprint density at radius 3 is 2.45 bits per heavy atom. The molecule has 168 valence electrons. The maximum absolute atomic E-state index is 12.8. The molecule has 0 spiro atoms. The first-order chi connectivity index (χ1) is 14.6. The monoisotopic (exact) mass is 482 g/mol. The number of sulfonamides is 1. The summed E-state index contributed by atoms with van der Waals surface area (Å²) in [6.45, 7) is 6.70. The molecule has 1 aliphatic heterocycles. The van der Waals surface area contributed by atoms with Crippen LogP contribution in [-0.2, 0) is 20.6 Å². The summed E-state index contributed by atoms with van der Waals surface area (Å²) in [5.74, 6) is -0.395. The summed E-state index contributed by atoms with van der Waals surface area (Å²) in [4.78, 5) is 12.8. The van der Waals surface area contributed by atoms with E-state index in [0.717, 1.165) is 16.7 Å². The SMILES string of the molecule is Cc1ccc(C)c([C@@H](C)NC(=O)C2CCN(S(=O)(=O)Cc3ccc(Cl)cc3Cl)CC2)c1. The molecule has 3 rings (SSSR count). The molecule has 0 saturated carbocycles. The van der Waals surface area contributed by atoms with E-state index in [1.165, 1.54) is 4.31 Å². The van der Waals surface area contributed by atoms with E-state index in [1.807, 2.05) is 20.8 Å². The minimum atomic E-state index is -3.52. The van der Waals surface area contributed by atoms with Gasteiger partial charge in [0, 0.05) is 29.1 Å². The van der Waals surface area contributed by atoms with Crippen molar-refractivity contribution in [3.05, 3.63) is 68.7 Å². The lowest BCUT2D eigenvalue weighted by atomic mass is 9.95. The summed E-state index contributed by atoms with van der Waals surface area (Å²) in [5.41, 5.74) is 3.92. The second-order valence-electron chi connectivity index (χ2n) is 8.26. The molecule has 1 aliphatic rings. The molecule has 0 aliphatic carbocycles. The topological polar surface area (TPSA) is 66.5 Å². The van der Waals surface area contributed by atoms with Gasteiger partial charge in [0.25, 0.3) is 0 Å². The van der Waals surface area contributed by atoms with Crippen LogP contribution >= 0.6 is 23.2 Å². The van der Waals surface area contributed by atoms with Gasteiger partial charge in [-0.3, -0.25) is 4.79 Å². The number of carbonyl (C=O) groups excluding carboxylic acids is 1. The van der Waals surface area contributed by atoms with E-state index >= 15 is 0 Å². The number of halogens is 2. The van der Waals surface area contributed by atoms with Gasteiger partial charge in [0.05, 0.1) is 11.8 Å². The highest BCUT2D eigenvalue weighted by Crippen LogP contribution is 2.27. The Morgan fingerprint density at radius 2 is 1.81 bits per heavy atom. The first-order valence-electron chi connectivity index (χ1n) is 10.4. The summed E-state index contributed by atoms with van der Waals surface area (Å²) in [6, 6.07) is 10.9. The number of amides is 1. The first kappa shape index (κ1) is 24.1. The van der Waals surface area contributed by atoms with Gasteiger partial charge in [-0.25, -0.2) is 12.7 Å². The van der Waals surface area contributed by atoms with E-state index in [9.17, 15) is 13.2 Å². The van der Waals surface area contributed by atoms with Gasteiger partial charge in [0.15, 0.2) is 0 Å². The first-order valence-corrected chi connectivity index (χ1v) is 12.7. The van der Waals surface area contributed by atoms with Crippen molar-refractivity contribution in [3.8, 4) is 0 Å². The highest BCUT2D eigenvalue weighted by atomic mass is 35.5. The van der Waals surface area contributed by atoms with Crippen LogP contribution in [0, 0.1) is 19.8 Å². The Balaban J connectivity index is 1.58. The lowest BCUT2D eigenvalue weighted by molar-refractivity contribution is -0.126. The normalized spacial score (nSPS) is 16.8. The number of hydrogen-bond acceptors (Lipinski definition) is 3. The average molecular weight is 483 g/mol. The Hall–Kier alpha value is -1.60. The maximum Gasteiger partial charge on any atom is 0.223 e. The van der Waals surface area contributed by atoms with Gasteiger partial charge >= 0.3 is 0 Å². The molecule has 2 aromatic carbocycles. The van der Waals surface area contributed by atoms with Crippen molar-refractivity contribution in [1.82, 2.24) is 9.62 Å². The van der Waals surface area contributed by atoms with E-state index in [-0.39, 0.29) is 23.6 Å². The minimum absolute atomic E-state index is 0.0220. The molecule has 1 heterocycles. The van der Waals surface area contributed by atoms with E-state index < -0.39 is 10.0 Å². The zero-order valence-electron chi connectivity index (χ0n) is 18.0. The lowest BCUT2D eigenvalue weighted by Gasteiger charge is -2.31. The smallest absolute Gasteiger partial charge is 0.223 e. The molecular weight excluding hydrogens is 455 g/mol. The van der Waals surface area contributed by atoms with Crippen LogP contribution in [0.15, 0.2) is 36.4 Å². The summed E-state index contributed by atoms with van der Waals surface area (Å²) in [6.07, 6.45) is 0.998. The van der Waals surface area contributed by atoms with Crippen LogP contribution in [0.4, 0.5) is 0 Å². The highest BCUT2D eigenvalue weighted by molar-refractivity contribution is 7.88. The Bertz CT molecular complexity index is 1060. The van der Waals surface area contributed by atoms with Crippen LogP contribution < -0.4 is 5.32 Å². The van der Waals surface area contributed by atoms with Gasteiger partial charge in [-0.2, -0.15) is 0 Å². The molecule has 0 radical (unpaired) electrons. The van der Waals surface area contributed by atoms with Crippen molar-refractivity contribution in [2.24, 2.45) is 5.92 Å². The summed E-state index contributed by atoms with van der Waals surface area (Å²) < 4.78 is 27.1. The number of piperidine rings is 1. The number of benzene rings is 2. The number of nitrogens with one attached hydrogen (secondary N) is 1. The van der Waals surface area contributed by atoms with Crippen LogP contribution in [0.1, 0.15) is 48.1 Å². The largest absolute Gasteiger partial charge is 0.349 e. The van der Waals surface area contributed by atoms with Gasteiger partial charge in [-0.15, -0.1) is 0 Å². The van der Waals surface area contributed by atoms with E-state index in [0.29, 0.717) is 41.5 Å². The van der Waals surface area contributed by atoms with Gasteiger partial charge in [-0.05, 0) is 62.4 Å². The summed E-state index contributed by atoms with van der Waals surface area (Å²) in [5, 5.41) is 3.91. The summed E-state index contributed by atoms with van der Waals surface area (Å²) in [7, 11) is -3.52. The number of aryl methyl sites for hydroxylation is 2. The molecule has 1 amide bonds. The summed E-state index contributed by atoms with van der Waals surface area (Å²) >= 11 is 12.0. The van der Waals surface area contributed by atoms with Gasteiger partial charge in [0.1, 0.15) is 0 Å². The molecule has 1 N–H and O–H groups in total. The van der Waals surface area contributed by atoms with Crippen molar-refractivity contribution < 1.29 is 13.2 Å². The number of nitrogens with zero attached hydrogens (tertiary/aromatic N) is 1. The van der Waals surface area contributed by atoms with Crippen LogP contribution in [0.25, 0.3) is 0 Å². The maximum atomic E-state index is 12.8. The highest BCUT2D eigenvalue weighted by Gasteiger charge is 2.32. The van der Waals surface area contributed by atoms with E-state index in [1.54, 1.807) is 18.2 Å².